The second-order valence-corrected chi connectivity index (χ2v) is 11.0. The minimum Gasteiger partial charge on any atom is -0.485 e. The smallest absolute Gasteiger partial charge is 0.427 e. The summed E-state index contributed by atoms with van der Waals surface area (Å²) in [5.74, 6) is -0.384. The molecule has 2 aliphatic heterocycles. The van der Waals surface area contributed by atoms with Gasteiger partial charge in [0.15, 0.2) is 0 Å². The van der Waals surface area contributed by atoms with E-state index in [0.29, 0.717) is 20.4 Å². The highest BCUT2D eigenvalue weighted by Crippen LogP contribution is 2.40. The standard InChI is InChI=1S/C23H25F4N3O5S/c1-22(2,23(25,26)27)35-21(31)28-16-6-9-20-19(12-16)30(14-17(34-20)13-29-10-3-11-29)36(32,33)18-7-4-15(24)5-8-18/h4-9,12,17H,3,10-11,13-14H2,1-2H3,(H,28,31)/t17-/m0/s1. The Kier molecular flexibility index (Phi) is 6.82. The van der Waals surface area contributed by atoms with Crippen LogP contribution < -0.4 is 14.4 Å². The second kappa shape index (κ2) is 9.43. The zero-order valence-corrected chi connectivity index (χ0v) is 20.3. The fourth-order valence-corrected chi connectivity index (χ4v) is 5.23. The van der Waals surface area contributed by atoms with Gasteiger partial charge in [0.1, 0.15) is 17.7 Å². The fraction of sp³-hybridized carbons (Fsp3) is 0.435. The molecule has 1 N–H and O–H groups in total. The number of sulfonamides is 1. The molecule has 1 amide bonds. The van der Waals surface area contributed by atoms with E-state index in [1.165, 1.54) is 18.2 Å². The summed E-state index contributed by atoms with van der Waals surface area (Å²) < 4.78 is 91.2. The quantitative estimate of drug-likeness (QED) is 0.557. The summed E-state index contributed by atoms with van der Waals surface area (Å²) in [6.45, 7) is 3.60. The Labute approximate surface area is 205 Å². The van der Waals surface area contributed by atoms with Gasteiger partial charge in [-0.3, -0.25) is 14.5 Å². The number of likely N-dealkylation sites (tertiary alicyclic amines) is 1. The minimum atomic E-state index is -4.79. The Hall–Kier alpha value is -3.06. The third kappa shape index (κ3) is 5.36. The number of fused-ring (bicyclic) bond motifs is 1. The maximum Gasteiger partial charge on any atom is 0.427 e. The van der Waals surface area contributed by atoms with Gasteiger partial charge in [-0.05, 0) is 75.8 Å². The van der Waals surface area contributed by atoms with Crippen molar-refractivity contribution < 1.29 is 40.2 Å². The fourth-order valence-electron chi connectivity index (χ4n) is 3.73. The number of nitrogens with one attached hydrogen (secondary N) is 1. The third-order valence-corrected chi connectivity index (χ3v) is 7.77. The first-order chi connectivity index (χ1) is 16.8. The van der Waals surface area contributed by atoms with E-state index in [4.69, 9.17) is 4.74 Å². The number of hydrogen-bond acceptors (Lipinski definition) is 6. The lowest BCUT2D eigenvalue weighted by Crippen LogP contribution is -2.51. The van der Waals surface area contributed by atoms with Crippen LogP contribution in [0, 0.1) is 5.82 Å². The molecule has 0 aliphatic carbocycles. The van der Waals surface area contributed by atoms with Crippen LogP contribution in [0.25, 0.3) is 0 Å². The van der Waals surface area contributed by atoms with Crippen LogP contribution in [0.5, 0.6) is 5.75 Å². The third-order valence-electron chi connectivity index (χ3n) is 5.98. The van der Waals surface area contributed by atoms with Crippen LogP contribution in [0.2, 0.25) is 0 Å². The van der Waals surface area contributed by atoms with E-state index in [2.05, 4.69) is 15.0 Å². The Balaban J connectivity index is 1.63. The molecule has 1 fully saturated rings. The van der Waals surface area contributed by atoms with E-state index >= 15 is 0 Å². The predicted molar refractivity (Wildman–Crippen MR) is 123 cm³/mol. The lowest BCUT2D eigenvalue weighted by atomic mass is 10.1. The number of ether oxygens (including phenoxy) is 2. The van der Waals surface area contributed by atoms with Gasteiger partial charge in [-0.2, -0.15) is 13.2 Å². The van der Waals surface area contributed by atoms with Crippen LogP contribution in [0.3, 0.4) is 0 Å². The maximum atomic E-state index is 13.5. The molecular formula is C23H25F4N3O5S. The van der Waals surface area contributed by atoms with Crippen molar-refractivity contribution in [2.45, 2.75) is 43.0 Å². The molecule has 0 saturated carbocycles. The van der Waals surface area contributed by atoms with Gasteiger partial charge in [-0.25, -0.2) is 17.6 Å². The molecule has 0 radical (unpaired) electrons. The molecule has 2 aromatic rings. The highest BCUT2D eigenvalue weighted by molar-refractivity contribution is 7.92. The van der Waals surface area contributed by atoms with Crippen molar-refractivity contribution in [2.75, 3.05) is 35.8 Å². The molecule has 196 valence electrons. The minimum absolute atomic E-state index is 0.000763. The Bertz CT molecular complexity index is 1230. The van der Waals surface area contributed by atoms with Crippen molar-refractivity contribution >= 4 is 27.5 Å². The van der Waals surface area contributed by atoms with Gasteiger partial charge in [0.25, 0.3) is 10.0 Å². The monoisotopic (exact) mass is 531 g/mol. The molecule has 1 saturated heterocycles. The summed E-state index contributed by atoms with van der Waals surface area (Å²) in [5, 5.41) is 2.21. The van der Waals surface area contributed by atoms with Gasteiger partial charge in [0, 0.05) is 12.2 Å². The number of halogens is 4. The molecule has 0 bridgehead atoms. The Morgan fingerprint density at radius 1 is 1.14 bits per heavy atom. The Morgan fingerprint density at radius 3 is 2.39 bits per heavy atom. The van der Waals surface area contributed by atoms with Crippen molar-refractivity contribution in [1.29, 1.82) is 0 Å². The summed E-state index contributed by atoms with van der Waals surface area (Å²) in [6, 6.07) is 8.42. The lowest BCUT2D eigenvalue weighted by molar-refractivity contribution is -0.242. The zero-order valence-electron chi connectivity index (χ0n) is 19.5. The average Bonchev–Trinajstić information content (AvgIpc) is 2.75. The summed E-state index contributed by atoms with van der Waals surface area (Å²) in [7, 11) is -4.17. The van der Waals surface area contributed by atoms with E-state index < -0.39 is 39.8 Å². The Morgan fingerprint density at radius 2 is 1.81 bits per heavy atom. The normalized spacial score (nSPS) is 18.6. The van der Waals surface area contributed by atoms with Gasteiger partial charge in [-0.1, -0.05) is 0 Å². The molecular weight excluding hydrogens is 506 g/mol. The summed E-state index contributed by atoms with van der Waals surface area (Å²) in [5.41, 5.74) is -2.66. The molecule has 4 rings (SSSR count). The topological polar surface area (TPSA) is 88.2 Å². The summed E-state index contributed by atoms with van der Waals surface area (Å²) in [4.78, 5) is 14.1. The highest BCUT2D eigenvalue weighted by atomic mass is 32.2. The highest BCUT2D eigenvalue weighted by Gasteiger charge is 2.51. The van der Waals surface area contributed by atoms with Crippen molar-refractivity contribution in [3.8, 4) is 5.75 Å². The molecule has 0 unspecified atom stereocenters. The van der Waals surface area contributed by atoms with Crippen LogP contribution in [0.15, 0.2) is 47.4 Å². The largest absolute Gasteiger partial charge is 0.485 e. The molecule has 2 aromatic carbocycles. The first-order valence-corrected chi connectivity index (χ1v) is 12.6. The number of carbonyl (C=O) groups excluding carboxylic acids is 1. The van der Waals surface area contributed by atoms with Crippen molar-refractivity contribution in [3.63, 3.8) is 0 Å². The summed E-state index contributed by atoms with van der Waals surface area (Å²) in [6.07, 6.45) is -5.61. The predicted octanol–water partition coefficient (Wildman–Crippen LogP) is 4.38. The van der Waals surface area contributed by atoms with Crippen LogP contribution in [-0.4, -0.2) is 63.5 Å². The van der Waals surface area contributed by atoms with Crippen molar-refractivity contribution in [2.24, 2.45) is 0 Å². The molecule has 13 heteroatoms. The lowest BCUT2D eigenvalue weighted by Gasteiger charge is -2.40. The first-order valence-electron chi connectivity index (χ1n) is 11.1. The van der Waals surface area contributed by atoms with Crippen LogP contribution >= 0.6 is 0 Å². The van der Waals surface area contributed by atoms with E-state index in [9.17, 15) is 30.8 Å². The molecule has 0 spiro atoms. The molecule has 2 heterocycles. The average molecular weight is 532 g/mol. The number of alkyl halides is 3. The number of rotatable bonds is 6. The first kappa shape index (κ1) is 26.0. The number of amides is 1. The number of nitrogens with zero attached hydrogens (tertiary/aromatic N) is 2. The van der Waals surface area contributed by atoms with Crippen molar-refractivity contribution in [1.82, 2.24) is 4.90 Å². The van der Waals surface area contributed by atoms with E-state index in [0.717, 1.165) is 48.1 Å². The molecule has 2 aliphatic rings. The van der Waals surface area contributed by atoms with E-state index in [1.54, 1.807) is 0 Å². The maximum absolute atomic E-state index is 13.5. The van der Waals surface area contributed by atoms with Gasteiger partial charge in [-0.15, -0.1) is 0 Å². The van der Waals surface area contributed by atoms with Gasteiger partial charge in [0.2, 0.25) is 5.60 Å². The summed E-state index contributed by atoms with van der Waals surface area (Å²) >= 11 is 0. The number of benzene rings is 2. The van der Waals surface area contributed by atoms with Gasteiger partial charge < -0.3 is 9.47 Å². The van der Waals surface area contributed by atoms with Crippen molar-refractivity contribution in [3.05, 3.63) is 48.3 Å². The zero-order chi connectivity index (χ0) is 26.3. The SMILES string of the molecule is CC(C)(OC(=O)Nc1ccc2c(c1)N(S(=O)(=O)c1ccc(F)cc1)C[C@H](CN1CCC1)O2)C(F)(F)F. The van der Waals surface area contributed by atoms with Gasteiger partial charge >= 0.3 is 12.3 Å². The molecule has 0 aromatic heterocycles. The number of anilines is 2. The van der Waals surface area contributed by atoms with Crippen LogP contribution in [-0.2, 0) is 14.8 Å². The molecule has 8 nitrogen and oxygen atoms in total. The van der Waals surface area contributed by atoms with E-state index in [-0.39, 0.29) is 28.6 Å². The number of hydrogen-bond donors (Lipinski definition) is 1. The number of carbonyl (C=O) groups is 1. The molecule has 1 atom stereocenters. The van der Waals surface area contributed by atoms with E-state index in [1.807, 2.05) is 0 Å². The molecule has 36 heavy (non-hydrogen) atoms. The van der Waals surface area contributed by atoms with Crippen LogP contribution in [0.4, 0.5) is 33.7 Å². The van der Waals surface area contributed by atoms with Gasteiger partial charge in [0.05, 0.1) is 17.1 Å². The van der Waals surface area contributed by atoms with Crippen LogP contribution in [0.1, 0.15) is 20.3 Å². The second-order valence-electron chi connectivity index (χ2n) is 9.09.